The van der Waals surface area contributed by atoms with Crippen LogP contribution in [-0.2, 0) is 16.6 Å². The predicted octanol–water partition coefficient (Wildman–Crippen LogP) is 4.53. The number of amides is 1. The molecule has 0 spiro atoms. The number of nitrogens with one attached hydrogen (secondary N) is 1. The van der Waals surface area contributed by atoms with E-state index in [-0.39, 0.29) is 18.6 Å². The number of aryl methyl sites for hydroxylation is 1. The Kier molecular flexibility index (Phi) is 5.21. The van der Waals surface area contributed by atoms with Gasteiger partial charge in [0.15, 0.2) is 0 Å². The summed E-state index contributed by atoms with van der Waals surface area (Å²) in [5.41, 5.74) is 3.87. The van der Waals surface area contributed by atoms with Gasteiger partial charge in [-0.1, -0.05) is 31.4 Å². The summed E-state index contributed by atoms with van der Waals surface area (Å²) >= 11 is 0. The first-order valence-electron chi connectivity index (χ1n) is 9.64. The van der Waals surface area contributed by atoms with Gasteiger partial charge in [-0.15, -0.1) is 0 Å². The Labute approximate surface area is 159 Å². The van der Waals surface area contributed by atoms with E-state index in [2.05, 4.69) is 16.0 Å². The van der Waals surface area contributed by atoms with Crippen LogP contribution in [0.25, 0.3) is 22.4 Å². The minimum atomic E-state index is -0.101. The Morgan fingerprint density at radius 2 is 1.85 bits per heavy atom. The fourth-order valence-corrected chi connectivity index (χ4v) is 3.73. The second-order valence-corrected chi connectivity index (χ2v) is 7.18. The van der Waals surface area contributed by atoms with Crippen molar-refractivity contribution in [2.24, 2.45) is 7.05 Å². The van der Waals surface area contributed by atoms with E-state index in [0.29, 0.717) is 0 Å². The molecule has 0 aliphatic heterocycles. The van der Waals surface area contributed by atoms with Crippen molar-refractivity contribution in [3.63, 3.8) is 0 Å². The van der Waals surface area contributed by atoms with Gasteiger partial charge in [0.25, 0.3) is 0 Å². The first kappa shape index (κ1) is 17.7. The van der Waals surface area contributed by atoms with E-state index in [1.165, 1.54) is 19.3 Å². The van der Waals surface area contributed by atoms with E-state index in [1.54, 1.807) is 0 Å². The molecule has 0 saturated heterocycles. The summed E-state index contributed by atoms with van der Waals surface area (Å²) in [4.78, 5) is 16.8. The summed E-state index contributed by atoms with van der Waals surface area (Å²) < 4.78 is 7.82. The minimum Gasteiger partial charge on any atom is -0.368 e. The Balaban J connectivity index is 1.39. The van der Waals surface area contributed by atoms with Crippen molar-refractivity contribution in [2.75, 3.05) is 11.9 Å². The summed E-state index contributed by atoms with van der Waals surface area (Å²) in [6.45, 7) is 0.122. The van der Waals surface area contributed by atoms with Crippen LogP contribution in [0.5, 0.6) is 0 Å². The molecule has 140 valence electrons. The van der Waals surface area contributed by atoms with E-state index in [1.807, 2.05) is 49.5 Å². The molecule has 1 aliphatic rings. The molecule has 27 heavy (non-hydrogen) atoms. The van der Waals surface area contributed by atoms with Gasteiger partial charge in [-0.2, -0.15) is 0 Å². The number of ether oxygens (including phenoxy) is 1. The number of hydrogen-bond acceptors (Lipinski definition) is 3. The van der Waals surface area contributed by atoms with Crippen molar-refractivity contribution in [3.05, 3.63) is 48.5 Å². The van der Waals surface area contributed by atoms with E-state index in [9.17, 15) is 4.79 Å². The third-order valence-corrected chi connectivity index (χ3v) is 5.22. The second-order valence-electron chi connectivity index (χ2n) is 7.18. The lowest BCUT2D eigenvalue weighted by Crippen LogP contribution is -2.24. The number of imidazole rings is 1. The van der Waals surface area contributed by atoms with Gasteiger partial charge < -0.3 is 14.6 Å². The second kappa shape index (κ2) is 7.92. The SMILES string of the molecule is Cn1c(-c2ccc(NC(=O)COC3CCCCC3)cc2)nc2ccccc21. The average molecular weight is 363 g/mol. The predicted molar refractivity (Wildman–Crippen MR) is 108 cm³/mol. The highest BCUT2D eigenvalue weighted by Crippen LogP contribution is 2.25. The number of rotatable bonds is 5. The van der Waals surface area contributed by atoms with Crippen LogP contribution >= 0.6 is 0 Å². The molecule has 4 rings (SSSR count). The van der Waals surface area contributed by atoms with Crippen LogP contribution in [0.15, 0.2) is 48.5 Å². The number of anilines is 1. The zero-order valence-electron chi connectivity index (χ0n) is 15.6. The summed E-state index contributed by atoms with van der Waals surface area (Å²) in [6, 6.07) is 15.9. The number of fused-ring (bicyclic) bond motifs is 1. The zero-order valence-corrected chi connectivity index (χ0v) is 15.6. The van der Waals surface area contributed by atoms with Crippen LogP contribution in [0.2, 0.25) is 0 Å². The number of hydrogen-bond donors (Lipinski definition) is 1. The molecule has 2 aromatic carbocycles. The van der Waals surface area contributed by atoms with Crippen molar-refractivity contribution >= 4 is 22.6 Å². The normalized spacial score (nSPS) is 15.1. The Morgan fingerprint density at radius 1 is 1.11 bits per heavy atom. The van der Waals surface area contributed by atoms with Crippen molar-refractivity contribution in [2.45, 2.75) is 38.2 Å². The molecule has 0 bridgehead atoms. The minimum absolute atomic E-state index is 0.101. The lowest BCUT2D eigenvalue weighted by molar-refractivity contribution is -0.123. The van der Waals surface area contributed by atoms with Crippen molar-refractivity contribution in [3.8, 4) is 11.4 Å². The maximum atomic E-state index is 12.1. The number of carbonyl (C=O) groups is 1. The summed E-state index contributed by atoms with van der Waals surface area (Å²) in [5, 5.41) is 2.91. The smallest absolute Gasteiger partial charge is 0.250 e. The largest absolute Gasteiger partial charge is 0.368 e. The molecule has 0 radical (unpaired) electrons. The summed E-state index contributed by atoms with van der Waals surface area (Å²) in [5.74, 6) is 0.811. The molecule has 0 unspecified atom stereocenters. The van der Waals surface area contributed by atoms with Crippen LogP contribution in [0.4, 0.5) is 5.69 Å². The molecule has 0 atom stereocenters. The molecule has 5 nitrogen and oxygen atoms in total. The van der Waals surface area contributed by atoms with Gasteiger partial charge in [-0.05, 0) is 49.2 Å². The molecule has 1 N–H and O–H groups in total. The van der Waals surface area contributed by atoms with E-state index in [0.717, 1.165) is 41.0 Å². The van der Waals surface area contributed by atoms with Crippen LogP contribution in [-0.4, -0.2) is 28.2 Å². The van der Waals surface area contributed by atoms with Crippen molar-refractivity contribution in [1.82, 2.24) is 9.55 Å². The number of nitrogens with zero attached hydrogens (tertiary/aromatic N) is 2. The van der Waals surface area contributed by atoms with Gasteiger partial charge in [0, 0.05) is 18.3 Å². The maximum absolute atomic E-state index is 12.1. The molecule has 1 saturated carbocycles. The monoisotopic (exact) mass is 363 g/mol. The summed E-state index contributed by atoms with van der Waals surface area (Å²) in [6.07, 6.45) is 6.07. The molecular weight excluding hydrogens is 338 g/mol. The lowest BCUT2D eigenvalue weighted by atomic mass is 9.98. The molecular formula is C22H25N3O2. The zero-order chi connectivity index (χ0) is 18.6. The van der Waals surface area contributed by atoms with Crippen molar-refractivity contribution in [1.29, 1.82) is 0 Å². The number of para-hydroxylation sites is 2. The van der Waals surface area contributed by atoms with Crippen LogP contribution in [0.3, 0.4) is 0 Å². The first-order valence-corrected chi connectivity index (χ1v) is 9.64. The molecule has 5 heteroatoms. The summed E-state index contributed by atoms with van der Waals surface area (Å²) in [7, 11) is 2.02. The molecule has 1 amide bonds. The fraction of sp³-hybridized carbons (Fsp3) is 0.364. The Hall–Kier alpha value is -2.66. The highest BCUT2D eigenvalue weighted by Gasteiger charge is 2.15. The van der Waals surface area contributed by atoms with Crippen LogP contribution in [0.1, 0.15) is 32.1 Å². The van der Waals surface area contributed by atoms with E-state index in [4.69, 9.17) is 9.72 Å². The number of benzene rings is 2. The molecule has 1 heterocycles. The quantitative estimate of drug-likeness (QED) is 0.725. The van der Waals surface area contributed by atoms with Gasteiger partial charge in [0.05, 0.1) is 17.1 Å². The first-order chi connectivity index (χ1) is 13.2. The molecule has 3 aromatic rings. The van der Waals surface area contributed by atoms with Gasteiger partial charge in [-0.25, -0.2) is 4.98 Å². The van der Waals surface area contributed by atoms with E-state index < -0.39 is 0 Å². The van der Waals surface area contributed by atoms with Crippen LogP contribution < -0.4 is 5.32 Å². The maximum Gasteiger partial charge on any atom is 0.250 e. The number of carbonyl (C=O) groups excluding carboxylic acids is 1. The van der Waals surface area contributed by atoms with E-state index >= 15 is 0 Å². The molecule has 1 aliphatic carbocycles. The van der Waals surface area contributed by atoms with Gasteiger partial charge in [0.1, 0.15) is 12.4 Å². The third-order valence-electron chi connectivity index (χ3n) is 5.22. The fourth-order valence-electron chi connectivity index (χ4n) is 3.73. The third kappa shape index (κ3) is 4.03. The van der Waals surface area contributed by atoms with Crippen LogP contribution in [0, 0.1) is 0 Å². The topological polar surface area (TPSA) is 56.2 Å². The van der Waals surface area contributed by atoms with Gasteiger partial charge in [-0.3, -0.25) is 4.79 Å². The highest BCUT2D eigenvalue weighted by molar-refractivity contribution is 5.92. The number of aromatic nitrogens is 2. The standard InChI is InChI=1S/C22H25N3O2/c1-25-20-10-6-5-9-19(20)24-22(25)16-11-13-17(14-12-16)23-21(26)15-27-18-7-3-2-4-8-18/h5-6,9-14,18H,2-4,7-8,15H2,1H3,(H,23,26). The Morgan fingerprint density at radius 3 is 2.59 bits per heavy atom. The van der Waals surface area contributed by atoms with Gasteiger partial charge >= 0.3 is 0 Å². The van der Waals surface area contributed by atoms with Gasteiger partial charge in [0.2, 0.25) is 5.91 Å². The highest BCUT2D eigenvalue weighted by atomic mass is 16.5. The molecule has 1 aromatic heterocycles. The van der Waals surface area contributed by atoms with Crippen molar-refractivity contribution < 1.29 is 9.53 Å². The lowest BCUT2D eigenvalue weighted by Gasteiger charge is -2.21. The Bertz CT molecular complexity index is 924. The average Bonchev–Trinajstić information content (AvgIpc) is 3.05. The molecule has 1 fully saturated rings.